The Morgan fingerprint density at radius 3 is 2.50 bits per heavy atom. The third-order valence-corrected chi connectivity index (χ3v) is 5.49. The van der Waals surface area contributed by atoms with Gasteiger partial charge in [-0.2, -0.15) is 0 Å². The number of aliphatic hydroxyl groups excluding tert-OH is 1. The van der Waals surface area contributed by atoms with Gasteiger partial charge in [0.25, 0.3) is 0 Å². The first kappa shape index (κ1) is 21.5. The summed E-state index contributed by atoms with van der Waals surface area (Å²) < 4.78 is 13.4. The van der Waals surface area contributed by atoms with Gasteiger partial charge in [0, 0.05) is 22.7 Å². The highest BCUT2D eigenvalue weighted by Gasteiger charge is 2.17. The minimum Gasteiger partial charge on any atom is -0.478 e. The van der Waals surface area contributed by atoms with E-state index in [0.717, 1.165) is 33.2 Å². The first-order valence-corrected chi connectivity index (χ1v) is 10.3. The van der Waals surface area contributed by atoms with Crippen LogP contribution in [0.2, 0.25) is 0 Å². The van der Waals surface area contributed by atoms with E-state index in [-0.39, 0.29) is 24.0 Å². The normalized spacial score (nSPS) is 12.0. The third-order valence-electron chi connectivity index (χ3n) is 5.49. The molecule has 0 radical (unpaired) electrons. The smallest absolute Gasteiger partial charge is 0.337 e. The minimum absolute atomic E-state index is 0.198. The van der Waals surface area contributed by atoms with Crippen LogP contribution < -0.4 is 5.32 Å². The molecule has 3 aromatic carbocycles. The fourth-order valence-electron chi connectivity index (χ4n) is 3.95. The lowest BCUT2D eigenvalue weighted by Gasteiger charge is -2.21. The van der Waals surface area contributed by atoms with Crippen LogP contribution in [0.3, 0.4) is 0 Å². The summed E-state index contributed by atoms with van der Waals surface area (Å²) >= 11 is 0. The largest absolute Gasteiger partial charge is 0.478 e. The Balaban J connectivity index is 1.85. The highest BCUT2D eigenvalue weighted by molar-refractivity contribution is 5.94. The van der Waals surface area contributed by atoms with Crippen LogP contribution in [0, 0.1) is 12.7 Å². The number of carboxylic acid groups (broad SMARTS) is 1. The lowest BCUT2D eigenvalue weighted by atomic mass is 9.95. The molecule has 32 heavy (non-hydrogen) atoms. The molecule has 162 valence electrons. The Hall–Kier alpha value is -3.77. The van der Waals surface area contributed by atoms with Gasteiger partial charge in [-0.05, 0) is 66.9 Å². The van der Waals surface area contributed by atoms with Crippen molar-refractivity contribution in [3.63, 3.8) is 0 Å². The summed E-state index contributed by atoms with van der Waals surface area (Å²) in [6.07, 6.45) is 0. The summed E-state index contributed by atoms with van der Waals surface area (Å²) in [4.78, 5) is 16.3. The number of para-hydroxylation sites is 1. The molecule has 0 fully saturated rings. The number of rotatable bonds is 6. The average molecular weight is 430 g/mol. The number of carbonyl (C=O) groups is 1. The summed E-state index contributed by atoms with van der Waals surface area (Å²) in [5.41, 5.74) is 5.40. The molecular formula is C26H23FN2O3. The van der Waals surface area contributed by atoms with Crippen molar-refractivity contribution in [2.45, 2.75) is 26.5 Å². The lowest BCUT2D eigenvalue weighted by Crippen LogP contribution is -2.11. The van der Waals surface area contributed by atoms with E-state index in [1.165, 1.54) is 12.1 Å². The number of anilines is 1. The van der Waals surface area contributed by atoms with E-state index in [4.69, 9.17) is 0 Å². The number of fused-ring (bicyclic) bond motifs is 1. The zero-order chi connectivity index (χ0) is 22.8. The predicted molar refractivity (Wildman–Crippen MR) is 123 cm³/mol. The van der Waals surface area contributed by atoms with Crippen molar-refractivity contribution in [1.82, 2.24) is 4.98 Å². The molecule has 1 unspecified atom stereocenters. The number of nitrogens with zero attached hydrogens (tertiary/aromatic N) is 1. The summed E-state index contributed by atoms with van der Waals surface area (Å²) in [5, 5.41) is 23.6. The van der Waals surface area contributed by atoms with Crippen LogP contribution in [-0.4, -0.2) is 21.2 Å². The van der Waals surface area contributed by atoms with E-state index in [0.29, 0.717) is 11.4 Å². The van der Waals surface area contributed by atoms with Crippen molar-refractivity contribution in [3.8, 4) is 11.1 Å². The van der Waals surface area contributed by atoms with Gasteiger partial charge >= 0.3 is 5.97 Å². The van der Waals surface area contributed by atoms with Gasteiger partial charge in [0.2, 0.25) is 0 Å². The van der Waals surface area contributed by atoms with Crippen molar-refractivity contribution >= 4 is 22.6 Å². The molecule has 0 spiro atoms. The molecule has 4 rings (SSSR count). The predicted octanol–water partition coefficient (Wildman–Crippen LogP) is 5.71. The molecule has 0 aliphatic heterocycles. The van der Waals surface area contributed by atoms with Gasteiger partial charge in [-0.15, -0.1) is 0 Å². The molecule has 5 nitrogen and oxygen atoms in total. The van der Waals surface area contributed by atoms with Gasteiger partial charge in [-0.25, -0.2) is 14.2 Å². The summed E-state index contributed by atoms with van der Waals surface area (Å²) in [5.74, 6) is -1.33. The quantitative estimate of drug-likeness (QED) is 0.365. The molecule has 3 N–H and O–H groups in total. The first-order valence-electron chi connectivity index (χ1n) is 10.3. The second kappa shape index (κ2) is 8.77. The van der Waals surface area contributed by atoms with Gasteiger partial charge in [-0.1, -0.05) is 30.3 Å². The fourth-order valence-corrected chi connectivity index (χ4v) is 3.95. The van der Waals surface area contributed by atoms with Crippen molar-refractivity contribution in [2.75, 3.05) is 5.32 Å². The molecule has 0 amide bonds. The van der Waals surface area contributed by atoms with Crippen LogP contribution in [0.1, 0.15) is 40.1 Å². The van der Waals surface area contributed by atoms with E-state index >= 15 is 0 Å². The molecule has 1 atom stereocenters. The zero-order valence-electron chi connectivity index (χ0n) is 17.8. The number of aliphatic hydroxyl groups is 1. The van der Waals surface area contributed by atoms with Gasteiger partial charge in [0.1, 0.15) is 5.82 Å². The number of aryl methyl sites for hydroxylation is 1. The Kier molecular flexibility index (Phi) is 5.88. The van der Waals surface area contributed by atoms with E-state index in [1.807, 2.05) is 32.0 Å². The molecule has 0 bridgehead atoms. The molecule has 0 saturated heterocycles. The molecule has 1 aromatic heterocycles. The number of hydrogen-bond acceptors (Lipinski definition) is 4. The van der Waals surface area contributed by atoms with Gasteiger partial charge < -0.3 is 15.5 Å². The van der Waals surface area contributed by atoms with Crippen molar-refractivity contribution < 1.29 is 19.4 Å². The van der Waals surface area contributed by atoms with E-state index < -0.39 is 5.97 Å². The maximum Gasteiger partial charge on any atom is 0.337 e. The highest BCUT2D eigenvalue weighted by Crippen LogP contribution is 2.33. The van der Waals surface area contributed by atoms with Crippen molar-refractivity contribution in [3.05, 3.63) is 94.9 Å². The number of hydrogen-bond donors (Lipinski definition) is 3. The number of nitrogens with one attached hydrogen (secondary N) is 1. The summed E-state index contributed by atoms with van der Waals surface area (Å²) in [6, 6.07) is 18.6. The van der Waals surface area contributed by atoms with E-state index in [1.54, 1.807) is 36.4 Å². The number of aromatic nitrogens is 1. The molecular weight excluding hydrogens is 407 g/mol. The molecule has 6 heteroatoms. The third kappa shape index (κ3) is 4.18. The van der Waals surface area contributed by atoms with Crippen LogP contribution in [-0.2, 0) is 6.61 Å². The molecule has 0 aliphatic rings. The standard InChI is InChI=1S/C26H23FN2O3/c1-15-11-20(16(2)28-23-6-4-3-5-19(23)26(31)32)22-13-21(17-7-9-18(27)10-8-17)25(14-30)29-24(22)12-15/h3-13,16,28,30H,14H2,1-2H3,(H,31,32). The zero-order valence-corrected chi connectivity index (χ0v) is 17.8. The number of carboxylic acids is 1. The van der Waals surface area contributed by atoms with Gasteiger partial charge in [0.15, 0.2) is 0 Å². The number of halogens is 1. The summed E-state index contributed by atoms with van der Waals surface area (Å²) in [6.45, 7) is 3.69. The van der Waals surface area contributed by atoms with Crippen LogP contribution in [0.15, 0.2) is 66.7 Å². The maximum absolute atomic E-state index is 13.4. The Morgan fingerprint density at radius 1 is 1.09 bits per heavy atom. The number of benzene rings is 3. The van der Waals surface area contributed by atoms with Gasteiger partial charge in [0.05, 0.1) is 23.4 Å². The second-order valence-electron chi connectivity index (χ2n) is 7.79. The van der Waals surface area contributed by atoms with Crippen molar-refractivity contribution in [1.29, 1.82) is 0 Å². The molecule has 0 aliphatic carbocycles. The van der Waals surface area contributed by atoms with Crippen LogP contribution >= 0.6 is 0 Å². The Morgan fingerprint density at radius 2 is 1.81 bits per heavy atom. The topological polar surface area (TPSA) is 82.5 Å². The van der Waals surface area contributed by atoms with Crippen LogP contribution in [0.5, 0.6) is 0 Å². The number of aromatic carboxylic acids is 1. The van der Waals surface area contributed by atoms with Crippen LogP contribution in [0.25, 0.3) is 22.0 Å². The van der Waals surface area contributed by atoms with E-state index in [9.17, 15) is 19.4 Å². The Labute approximate surface area is 185 Å². The number of pyridine rings is 1. The maximum atomic E-state index is 13.4. The highest BCUT2D eigenvalue weighted by atomic mass is 19.1. The fraction of sp³-hybridized carbons (Fsp3) is 0.154. The monoisotopic (exact) mass is 430 g/mol. The molecule has 4 aromatic rings. The SMILES string of the molecule is Cc1cc(C(C)Nc2ccccc2C(=O)O)c2cc(-c3ccc(F)cc3)c(CO)nc2c1. The summed E-state index contributed by atoms with van der Waals surface area (Å²) in [7, 11) is 0. The lowest BCUT2D eigenvalue weighted by molar-refractivity contribution is 0.0698. The van der Waals surface area contributed by atoms with Crippen LogP contribution in [0.4, 0.5) is 10.1 Å². The molecule has 1 heterocycles. The van der Waals surface area contributed by atoms with Gasteiger partial charge in [-0.3, -0.25) is 0 Å². The minimum atomic E-state index is -0.998. The Bertz CT molecular complexity index is 1300. The second-order valence-corrected chi connectivity index (χ2v) is 7.79. The average Bonchev–Trinajstić information content (AvgIpc) is 2.78. The molecule has 0 saturated carbocycles. The first-order chi connectivity index (χ1) is 15.4. The van der Waals surface area contributed by atoms with E-state index in [2.05, 4.69) is 10.3 Å². The van der Waals surface area contributed by atoms with Crippen molar-refractivity contribution in [2.24, 2.45) is 0 Å².